The summed E-state index contributed by atoms with van der Waals surface area (Å²) in [6.45, 7) is 2.35. The third kappa shape index (κ3) is 2.72. The van der Waals surface area contributed by atoms with Gasteiger partial charge in [-0.2, -0.15) is 0 Å². The Morgan fingerprint density at radius 1 is 1.26 bits per heavy atom. The van der Waals surface area contributed by atoms with Gasteiger partial charge in [0.25, 0.3) is 0 Å². The molecular weight excluding hydrogens is 297 g/mol. The number of aliphatic hydroxyl groups is 2. The zero-order valence-electron chi connectivity index (χ0n) is 12.9. The molecule has 1 heterocycles. The second kappa shape index (κ2) is 6.28. The lowest BCUT2D eigenvalue weighted by molar-refractivity contribution is 0.0416. The SMILES string of the molecule is CC(NCCO)C1(O)c2ccc(F)cc2COc2ccccc21. The maximum atomic E-state index is 13.6. The standard InChI is InChI=1S/C18H20FNO3/c1-12(20-8-9-21)18(22)15-7-6-14(19)10-13(15)11-23-17-5-3-2-4-16(17)18/h2-7,10,12,20-22H,8-9,11H2,1H3. The average Bonchev–Trinajstić information content (AvgIpc) is 2.69. The van der Waals surface area contributed by atoms with Crippen molar-refractivity contribution in [1.29, 1.82) is 0 Å². The zero-order chi connectivity index (χ0) is 16.4. The summed E-state index contributed by atoms with van der Waals surface area (Å²) in [5, 5.41) is 23.8. The summed E-state index contributed by atoms with van der Waals surface area (Å²) in [5.41, 5.74) is 0.470. The Labute approximate surface area is 134 Å². The molecule has 0 amide bonds. The number of para-hydroxylation sites is 1. The normalized spacial score (nSPS) is 20.9. The van der Waals surface area contributed by atoms with Gasteiger partial charge in [-0.3, -0.25) is 0 Å². The summed E-state index contributed by atoms with van der Waals surface area (Å²) in [4.78, 5) is 0. The molecule has 23 heavy (non-hydrogen) atoms. The number of nitrogens with one attached hydrogen (secondary N) is 1. The molecule has 1 aliphatic heterocycles. The Hall–Kier alpha value is -1.95. The van der Waals surface area contributed by atoms with Crippen LogP contribution in [0.5, 0.6) is 5.75 Å². The van der Waals surface area contributed by atoms with Crippen LogP contribution in [0.1, 0.15) is 23.6 Å². The van der Waals surface area contributed by atoms with Crippen LogP contribution >= 0.6 is 0 Å². The Morgan fingerprint density at radius 3 is 2.83 bits per heavy atom. The molecule has 0 aromatic heterocycles. The molecule has 0 fully saturated rings. The van der Waals surface area contributed by atoms with E-state index in [9.17, 15) is 9.50 Å². The van der Waals surface area contributed by atoms with Gasteiger partial charge in [0.05, 0.1) is 6.61 Å². The first-order chi connectivity index (χ1) is 11.1. The summed E-state index contributed by atoms with van der Waals surface area (Å²) in [6.07, 6.45) is 0. The number of aliphatic hydroxyl groups excluding tert-OH is 1. The van der Waals surface area contributed by atoms with E-state index in [1.807, 2.05) is 25.1 Å². The molecule has 3 N–H and O–H groups in total. The lowest BCUT2D eigenvalue weighted by Gasteiger charge is -2.36. The van der Waals surface area contributed by atoms with Gasteiger partial charge in [-0.25, -0.2) is 4.39 Å². The molecule has 2 aromatic rings. The third-order valence-corrected chi connectivity index (χ3v) is 4.35. The van der Waals surface area contributed by atoms with Gasteiger partial charge in [-0.05, 0) is 36.2 Å². The maximum absolute atomic E-state index is 13.6. The molecule has 2 atom stereocenters. The Morgan fingerprint density at radius 2 is 2.04 bits per heavy atom. The molecule has 0 aliphatic carbocycles. The largest absolute Gasteiger partial charge is 0.488 e. The first-order valence-corrected chi connectivity index (χ1v) is 7.65. The van der Waals surface area contributed by atoms with Gasteiger partial charge in [-0.1, -0.05) is 24.3 Å². The van der Waals surface area contributed by atoms with E-state index in [0.29, 0.717) is 29.0 Å². The Bertz CT molecular complexity index is 706. The Kier molecular flexibility index (Phi) is 4.35. The minimum atomic E-state index is -1.38. The van der Waals surface area contributed by atoms with Crippen LogP contribution in [0, 0.1) is 5.82 Å². The predicted molar refractivity (Wildman–Crippen MR) is 84.7 cm³/mol. The highest BCUT2D eigenvalue weighted by atomic mass is 19.1. The summed E-state index contributed by atoms with van der Waals surface area (Å²) >= 11 is 0. The zero-order valence-corrected chi connectivity index (χ0v) is 12.9. The van der Waals surface area contributed by atoms with Crippen molar-refractivity contribution in [2.24, 2.45) is 0 Å². The molecular formula is C18H20FNO3. The van der Waals surface area contributed by atoms with Crippen LogP contribution in [-0.4, -0.2) is 29.4 Å². The van der Waals surface area contributed by atoms with Gasteiger partial charge in [0.15, 0.2) is 0 Å². The van der Waals surface area contributed by atoms with Crippen LogP contribution < -0.4 is 10.1 Å². The number of hydrogen-bond donors (Lipinski definition) is 3. The van der Waals surface area contributed by atoms with Gasteiger partial charge in [-0.15, -0.1) is 0 Å². The number of ether oxygens (including phenoxy) is 1. The second-order valence-electron chi connectivity index (χ2n) is 5.75. The number of benzene rings is 2. The summed E-state index contributed by atoms with van der Waals surface area (Å²) < 4.78 is 19.4. The van der Waals surface area contributed by atoms with Crippen LogP contribution in [0.4, 0.5) is 4.39 Å². The molecule has 3 rings (SSSR count). The highest BCUT2D eigenvalue weighted by molar-refractivity contribution is 5.50. The highest BCUT2D eigenvalue weighted by Crippen LogP contribution is 2.42. The topological polar surface area (TPSA) is 61.7 Å². The van der Waals surface area contributed by atoms with E-state index in [1.54, 1.807) is 12.1 Å². The second-order valence-corrected chi connectivity index (χ2v) is 5.75. The lowest BCUT2D eigenvalue weighted by atomic mass is 9.79. The Balaban J connectivity index is 2.19. The summed E-state index contributed by atoms with van der Waals surface area (Å²) in [5.74, 6) is 0.209. The first-order valence-electron chi connectivity index (χ1n) is 7.65. The molecule has 122 valence electrons. The number of rotatable bonds is 4. The molecule has 2 aromatic carbocycles. The van der Waals surface area contributed by atoms with Crippen LogP contribution in [0.3, 0.4) is 0 Å². The van der Waals surface area contributed by atoms with E-state index in [4.69, 9.17) is 9.84 Å². The fourth-order valence-corrected chi connectivity index (χ4v) is 3.16. The van der Waals surface area contributed by atoms with Crippen molar-refractivity contribution in [3.05, 3.63) is 65.0 Å². The van der Waals surface area contributed by atoms with E-state index in [2.05, 4.69) is 5.32 Å². The average molecular weight is 317 g/mol. The van der Waals surface area contributed by atoms with E-state index in [-0.39, 0.29) is 19.0 Å². The van der Waals surface area contributed by atoms with E-state index < -0.39 is 11.6 Å². The molecule has 0 bridgehead atoms. The van der Waals surface area contributed by atoms with E-state index in [1.165, 1.54) is 12.1 Å². The van der Waals surface area contributed by atoms with Crippen molar-refractivity contribution in [3.63, 3.8) is 0 Å². The molecule has 0 spiro atoms. The predicted octanol–water partition coefficient (Wildman–Crippen LogP) is 1.92. The monoisotopic (exact) mass is 317 g/mol. The van der Waals surface area contributed by atoms with Crippen molar-refractivity contribution >= 4 is 0 Å². The molecule has 0 radical (unpaired) electrons. The van der Waals surface area contributed by atoms with Crippen molar-refractivity contribution in [1.82, 2.24) is 5.32 Å². The molecule has 5 heteroatoms. The smallest absolute Gasteiger partial charge is 0.133 e. The van der Waals surface area contributed by atoms with Crippen molar-refractivity contribution in [3.8, 4) is 5.75 Å². The quantitative estimate of drug-likeness (QED) is 0.806. The van der Waals surface area contributed by atoms with E-state index >= 15 is 0 Å². The van der Waals surface area contributed by atoms with Gasteiger partial charge >= 0.3 is 0 Å². The van der Waals surface area contributed by atoms with Gasteiger partial charge in [0.1, 0.15) is 23.8 Å². The van der Waals surface area contributed by atoms with Crippen LogP contribution in [-0.2, 0) is 12.2 Å². The molecule has 0 saturated heterocycles. The van der Waals surface area contributed by atoms with Crippen LogP contribution in [0.25, 0.3) is 0 Å². The lowest BCUT2D eigenvalue weighted by Crippen LogP contribution is -2.48. The molecule has 2 unspecified atom stereocenters. The fourth-order valence-electron chi connectivity index (χ4n) is 3.16. The van der Waals surface area contributed by atoms with Gasteiger partial charge in [0, 0.05) is 18.2 Å². The van der Waals surface area contributed by atoms with Gasteiger partial charge in [0.2, 0.25) is 0 Å². The highest BCUT2D eigenvalue weighted by Gasteiger charge is 2.42. The van der Waals surface area contributed by atoms with Crippen molar-refractivity contribution in [2.75, 3.05) is 13.2 Å². The van der Waals surface area contributed by atoms with Crippen LogP contribution in [0.15, 0.2) is 42.5 Å². The summed E-state index contributed by atoms with van der Waals surface area (Å²) in [7, 11) is 0. The molecule has 0 saturated carbocycles. The first kappa shape index (κ1) is 15.9. The minimum Gasteiger partial charge on any atom is -0.488 e. The van der Waals surface area contributed by atoms with E-state index in [0.717, 1.165) is 0 Å². The van der Waals surface area contributed by atoms with Crippen molar-refractivity contribution < 1.29 is 19.3 Å². The number of halogens is 1. The summed E-state index contributed by atoms with van der Waals surface area (Å²) in [6, 6.07) is 11.2. The fraction of sp³-hybridized carbons (Fsp3) is 0.333. The van der Waals surface area contributed by atoms with Crippen LogP contribution in [0.2, 0.25) is 0 Å². The molecule has 1 aliphatic rings. The minimum absolute atomic E-state index is 0.0329. The van der Waals surface area contributed by atoms with Gasteiger partial charge < -0.3 is 20.3 Å². The number of fused-ring (bicyclic) bond motifs is 2. The van der Waals surface area contributed by atoms with Crippen molar-refractivity contribution in [2.45, 2.75) is 25.2 Å². The third-order valence-electron chi connectivity index (χ3n) is 4.35. The maximum Gasteiger partial charge on any atom is 0.133 e. The number of hydrogen-bond acceptors (Lipinski definition) is 4. The molecule has 4 nitrogen and oxygen atoms in total.